The molecule has 0 bridgehead atoms. The van der Waals surface area contributed by atoms with Crippen LogP contribution in [0.5, 0.6) is 0 Å². The second kappa shape index (κ2) is 6.64. The van der Waals surface area contributed by atoms with Crippen molar-refractivity contribution in [3.8, 4) is 0 Å². The summed E-state index contributed by atoms with van der Waals surface area (Å²) in [6.07, 6.45) is -5.64. The van der Waals surface area contributed by atoms with E-state index in [0.29, 0.717) is 5.56 Å². The number of rotatable bonds is 4. The van der Waals surface area contributed by atoms with E-state index in [9.17, 15) is 22.8 Å². The standard InChI is InChI=1S/C15H14F3N3O2/c1-21-13(22)8-7-11(20-21)14(23)19-12(9-15(16,17)18)10-5-3-2-4-6-10/h2-8,12H,9H2,1H3,(H,19,23). The molecule has 5 nitrogen and oxygen atoms in total. The minimum Gasteiger partial charge on any atom is -0.343 e. The van der Waals surface area contributed by atoms with Crippen molar-refractivity contribution in [1.82, 2.24) is 15.1 Å². The van der Waals surface area contributed by atoms with Crippen molar-refractivity contribution in [3.05, 3.63) is 64.1 Å². The van der Waals surface area contributed by atoms with Gasteiger partial charge in [0.05, 0.1) is 12.5 Å². The Labute approximate surface area is 129 Å². The molecular formula is C15H14F3N3O2. The number of carbonyl (C=O) groups excluding carboxylic acids is 1. The molecule has 1 aromatic carbocycles. The van der Waals surface area contributed by atoms with E-state index in [2.05, 4.69) is 10.4 Å². The van der Waals surface area contributed by atoms with E-state index in [1.807, 2.05) is 0 Å². The molecule has 0 fully saturated rings. The molecule has 1 N–H and O–H groups in total. The molecule has 2 aromatic rings. The molecule has 1 aromatic heterocycles. The van der Waals surface area contributed by atoms with Crippen LogP contribution in [0.1, 0.15) is 28.5 Å². The molecule has 0 aliphatic carbocycles. The maximum atomic E-state index is 12.7. The number of hydrogen-bond acceptors (Lipinski definition) is 3. The fraction of sp³-hybridized carbons (Fsp3) is 0.267. The molecule has 1 unspecified atom stereocenters. The Hall–Kier alpha value is -2.64. The van der Waals surface area contributed by atoms with Gasteiger partial charge >= 0.3 is 6.18 Å². The topological polar surface area (TPSA) is 64.0 Å². The Bertz CT molecular complexity index is 742. The SMILES string of the molecule is Cn1nc(C(=O)NC(CC(F)(F)F)c2ccccc2)ccc1=O. The molecule has 23 heavy (non-hydrogen) atoms. The van der Waals surface area contributed by atoms with Crippen LogP contribution >= 0.6 is 0 Å². The number of nitrogens with one attached hydrogen (secondary N) is 1. The van der Waals surface area contributed by atoms with Crippen LogP contribution in [0.2, 0.25) is 0 Å². The molecule has 0 saturated heterocycles. The Morgan fingerprint density at radius 3 is 2.43 bits per heavy atom. The van der Waals surface area contributed by atoms with Crippen molar-refractivity contribution in [2.75, 3.05) is 0 Å². The normalized spacial score (nSPS) is 12.7. The molecule has 2 rings (SSSR count). The van der Waals surface area contributed by atoms with E-state index in [4.69, 9.17) is 0 Å². The van der Waals surface area contributed by atoms with Crippen LogP contribution in [0.25, 0.3) is 0 Å². The zero-order chi connectivity index (χ0) is 17.0. The van der Waals surface area contributed by atoms with Gasteiger partial charge in [-0.15, -0.1) is 0 Å². The van der Waals surface area contributed by atoms with E-state index in [-0.39, 0.29) is 5.69 Å². The van der Waals surface area contributed by atoms with E-state index in [1.165, 1.54) is 25.2 Å². The molecule has 0 spiro atoms. The lowest BCUT2D eigenvalue weighted by Crippen LogP contribution is -2.33. The van der Waals surface area contributed by atoms with Crippen molar-refractivity contribution >= 4 is 5.91 Å². The quantitative estimate of drug-likeness (QED) is 0.937. The average Bonchev–Trinajstić information content (AvgIpc) is 2.49. The largest absolute Gasteiger partial charge is 0.391 e. The molecule has 1 amide bonds. The fourth-order valence-electron chi connectivity index (χ4n) is 2.02. The predicted molar refractivity (Wildman–Crippen MR) is 76.8 cm³/mol. The predicted octanol–water partition coefficient (Wildman–Crippen LogP) is 2.20. The first-order chi connectivity index (χ1) is 10.8. The highest BCUT2D eigenvalue weighted by atomic mass is 19.4. The van der Waals surface area contributed by atoms with Gasteiger partial charge in [-0.05, 0) is 11.6 Å². The molecular weight excluding hydrogens is 311 g/mol. The maximum absolute atomic E-state index is 12.7. The monoisotopic (exact) mass is 325 g/mol. The zero-order valence-corrected chi connectivity index (χ0v) is 12.2. The third-order valence-electron chi connectivity index (χ3n) is 3.14. The van der Waals surface area contributed by atoms with Crippen LogP contribution in [-0.2, 0) is 7.05 Å². The first kappa shape index (κ1) is 16.7. The second-order valence-corrected chi connectivity index (χ2v) is 4.94. The molecule has 0 saturated carbocycles. The summed E-state index contributed by atoms with van der Waals surface area (Å²) in [5.41, 5.74) is -0.213. The number of hydrogen-bond donors (Lipinski definition) is 1. The Morgan fingerprint density at radius 1 is 1.22 bits per heavy atom. The Balaban J connectivity index is 2.24. The third kappa shape index (κ3) is 4.67. The number of halogens is 3. The number of nitrogens with zero attached hydrogens (tertiary/aromatic N) is 2. The second-order valence-electron chi connectivity index (χ2n) is 4.94. The van der Waals surface area contributed by atoms with E-state index in [1.54, 1.807) is 18.2 Å². The number of carbonyl (C=O) groups is 1. The molecule has 1 heterocycles. The van der Waals surface area contributed by atoms with Crippen LogP contribution < -0.4 is 10.9 Å². The highest BCUT2D eigenvalue weighted by Gasteiger charge is 2.33. The lowest BCUT2D eigenvalue weighted by atomic mass is 10.0. The molecule has 8 heteroatoms. The van der Waals surface area contributed by atoms with Gasteiger partial charge in [0.2, 0.25) is 0 Å². The summed E-state index contributed by atoms with van der Waals surface area (Å²) in [6, 6.07) is 8.93. The summed E-state index contributed by atoms with van der Waals surface area (Å²) in [5.74, 6) is -0.779. The number of benzene rings is 1. The van der Waals surface area contributed by atoms with E-state index in [0.717, 1.165) is 10.7 Å². The Morgan fingerprint density at radius 2 is 1.87 bits per heavy atom. The summed E-state index contributed by atoms with van der Waals surface area (Å²) in [5, 5.41) is 6.04. The van der Waals surface area contributed by atoms with Crippen LogP contribution in [0.3, 0.4) is 0 Å². The average molecular weight is 325 g/mol. The van der Waals surface area contributed by atoms with Crippen molar-refractivity contribution in [1.29, 1.82) is 0 Å². The molecule has 0 aliphatic rings. The van der Waals surface area contributed by atoms with Gasteiger partial charge < -0.3 is 5.32 Å². The number of aryl methyl sites for hydroxylation is 1. The van der Waals surface area contributed by atoms with E-state index >= 15 is 0 Å². The first-order valence-corrected chi connectivity index (χ1v) is 6.73. The Kier molecular flexibility index (Phi) is 4.83. The van der Waals surface area contributed by atoms with Gasteiger partial charge in [0, 0.05) is 13.1 Å². The fourth-order valence-corrected chi connectivity index (χ4v) is 2.02. The van der Waals surface area contributed by atoms with Gasteiger partial charge in [-0.2, -0.15) is 18.3 Å². The van der Waals surface area contributed by atoms with Crippen LogP contribution in [0.4, 0.5) is 13.2 Å². The summed E-state index contributed by atoms with van der Waals surface area (Å²) < 4.78 is 39.2. The van der Waals surface area contributed by atoms with Crippen LogP contribution in [0, 0.1) is 0 Å². The summed E-state index contributed by atoms with van der Waals surface area (Å²) in [4.78, 5) is 23.4. The number of aromatic nitrogens is 2. The van der Waals surface area contributed by atoms with Crippen LogP contribution in [-0.4, -0.2) is 21.9 Å². The van der Waals surface area contributed by atoms with Gasteiger partial charge in [-0.3, -0.25) is 9.59 Å². The van der Waals surface area contributed by atoms with Crippen molar-refractivity contribution in [2.24, 2.45) is 7.05 Å². The smallest absolute Gasteiger partial charge is 0.343 e. The first-order valence-electron chi connectivity index (χ1n) is 6.73. The maximum Gasteiger partial charge on any atom is 0.391 e. The van der Waals surface area contributed by atoms with Crippen molar-refractivity contribution in [2.45, 2.75) is 18.6 Å². The van der Waals surface area contributed by atoms with Gasteiger partial charge in [-0.1, -0.05) is 30.3 Å². The summed E-state index contributed by atoms with van der Waals surface area (Å²) >= 11 is 0. The van der Waals surface area contributed by atoms with Gasteiger partial charge in [0.1, 0.15) is 5.69 Å². The summed E-state index contributed by atoms with van der Waals surface area (Å²) in [6.45, 7) is 0. The van der Waals surface area contributed by atoms with Crippen molar-refractivity contribution < 1.29 is 18.0 Å². The number of alkyl halides is 3. The lowest BCUT2D eigenvalue weighted by molar-refractivity contribution is -0.139. The molecule has 122 valence electrons. The summed E-state index contributed by atoms with van der Waals surface area (Å²) in [7, 11) is 1.35. The molecule has 0 radical (unpaired) electrons. The molecule has 1 atom stereocenters. The van der Waals surface area contributed by atoms with E-state index < -0.39 is 30.1 Å². The minimum atomic E-state index is -4.44. The van der Waals surface area contributed by atoms with Crippen molar-refractivity contribution in [3.63, 3.8) is 0 Å². The highest BCUT2D eigenvalue weighted by molar-refractivity contribution is 5.92. The minimum absolute atomic E-state index is 0.129. The zero-order valence-electron chi connectivity index (χ0n) is 12.2. The molecule has 0 aliphatic heterocycles. The third-order valence-corrected chi connectivity index (χ3v) is 3.14. The van der Waals surface area contributed by atoms with Gasteiger partial charge in [0.15, 0.2) is 0 Å². The van der Waals surface area contributed by atoms with Crippen LogP contribution in [0.15, 0.2) is 47.3 Å². The van der Waals surface area contributed by atoms with Gasteiger partial charge in [0.25, 0.3) is 11.5 Å². The highest BCUT2D eigenvalue weighted by Crippen LogP contribution is 2.29. The van der Waals surface area contributed by atoms with Gasteiger partial charge in [-0.25, -0.2) is 4.68 Å². The lowest BCUT2D eigenvalue weighted by Gasteiger charge is -2.20. The number of amides is 1.